The molecule has 0 aromatic carbocycles. The Hall–Kier alpha value is -0.294. The van der Waals surface area contributed by atoms with Gasteiger partial charge < -0.3 is 10.2 Å². The van der Waals surface area contributed by atoms with Crippen molar-refractivity contribution in [3.63, 3.8) is 0 Å². The highest BCUT2D eigenvalue weighted by Crippen LogP contribution is 2.32. The molecule has 5 heteroatoms. The van der Waals surface area contributed by atoms with Crippen LogP contribution >= 0.6 is 0 Å². The van der Waals surface area contributed by atoms with E-state index in [-0.39, 0.29) is 35.9 Å². The number of aliphatic carboxylic acids is 2. The van der Waals surface area contributed by atoms with Crippen molar-refractivity contribution in [1.82, 2.24) is 0 Å². The molecule has 140 valence electrons. The molecule has 0 aliphatic carbocycles. The lowest BCUT2D eigenvalue weighted by atomic mass is 9.78. The summed E-state index contributed by atoms with van der Waals surface area (Å²) in [5.74, 6) is -2.34. The van der Waals surface area contributed by atoms with Crippen LogP contribution in [0, 0.1) is 5.41 Å². The summed E-state index contributed by atoms with van der Waals surface area (Å²) in [5.41, 5.74) is -1.57. The lowest BCUT2D eigenvalue weighted by molar-refractivity contribution is -0.166. The first kappa shape index (κ1) is 25.9. The highest BCUT2D eigenvalue weighted by molar-refractivity contribution is 5.98. The van der Waals surface area contributed by atoms with Gasteiger partial charge >= 0.3 is 35.0 Å². The normalized spacial score (nSPS) is 11.1. The highest BCUT2D eigenvalue weighted by Gasteiger charge is 2.45. The zero-order valence-corrected chi connectivity index (χ0v) is 15.1. The average molecular weight is 355 g/mol. The molecular weight excluding hydrogens is 317 g/mol. The summed E-state index contributed by atoms with van der Waals surface area (Å²) in [5, 5.41) is 18.8. The largest absolute Gasteiger partial charge is 0.480 e. The predicted molar refractivity (Wildman–Crippen MR) is 102 cm³/mol. The summed E-state index contributed by atoms with van der Waals surface area (Å²) in [6.45, 7) is 4.17. The molecule has 0 spiro atoms. The molecule has 0 heterocycles. The molecule has 0 bridgehead atoms. The minimum Gasteiger partial charge on any atom is -0.480 e. The third-order valence-electron chi connectivity index (χ3n) is 4.73. The van der Waals surface area contributed by atoms with E-state index >= 15 is 0 Å². The van der Waals surface area contributed by atoms with E-state index in [0.29, 0.717) is 12.8 Å². The minimum absolute atomic E-state index is 0. The van der Waals surface area contributed by atoms with Crippen LogP contribution in [0.1, 0.15) is 104 Å². The van der Waals surface area contributed by atoms with Gasteiger partial charge in [-0.15, -0.1) is 0 Å². The average Bonchev–Trinajstić information content (AvgIpc) is 2.51. The second-order valence-corrected chi connectivity index (χ2v) is 6.73. The fourth-order valence-corrected chi connectivity index (χ4v) is 3.04. The summed E-state index contributed by atoms with van der Waals surface area (Å²) in [4.78, 5) is 23.0. The number of carbonyl (C=O) groups is 2. The fourth-order valence-electron chi connectivity index (χ4n) is 3.04. The zero-order valence-electron chi connectivity index (χ0n) is 15.1. The lowest BCUT2D eigenvalue weighted by Gasteiger charge is -2.24. The Morgan fingerprint density at radius 2 is 0.958 bits per heavy atom. The fraction of sp³-hybridized carbons (Fsp3) is 0.895. The van der Waals surface area contributed by atoms with Crippen LogP contribution in [0.5, 0.6) is 0 Å². The summed E-state index contributed by atoms with van der Waals surface area (Å²) >= 11 is 0. The second-order valence-electron chi connectivity index (χ2n) is 6.73. The minimum atomic E-state index is -1.57. The molecule has 0 saturated heterocycles. The van der Waals surface area contributed by atoms with Crippen molar-refractivity contribution in [1.29, 1.82) is 0 Å². The van der Waals surface area contributed by atoms with Gasteiger partial charge in [0.2, 0.25) is 0 Å². The number of carboxylic acid groups (broad SMARTS) is 2. The van der Waals surface area contributed by atoms with Crippen LogP contribution in [0.3, 0.4) is 0 Å². The maximum Gasteiger partial charge on any atom is 0.321 e. The Morgan fingerprint density at radius 3 is 1.33 bits per heavy atom. The van der Waals surface area contributed by atoms with E-state index in [2.05, 4.69) is 6.92 Å². The Morgan fingerprint density at radius 1 is 0.625 bits per heavy atom. The third kappa shape index (κ3) is 10.5. The van der Waals surface area contributed by atoms with Crippen molar-refractivity contribution in [2.45, 2.75) is 104 Å². The molecule has 0 atom stereocenters. The topological polar surface area (TPSA) is 74.6 Å². The van der Waals surface area contributed by atoms with Gasteiger partial charge in [0.1, 0.15) is 0 Å². The molecule has 4 nitrogen and oxygen atoms in total. The molecule has 0 saturated carbocycles. The van der Waals surface area contributed by atoms with Gasteiger partial charge in [-0.2, -0.15) is 0 Å². The summed E-state index contributed by atoms with van der Waals surface area (Å²) in [6, 6.07) is 0. The third-order valence-corrected chi connectivity index (χ3v) is 4.73. The monoisotopic (exact) mass is 354 g/mol. The van der Waals surface area contributed by atoms with Crippen LogP contribution in [0.25, 0.3) is 0 Å². The van der Waals surface area contributed by atoms with Crippen LogP contribution in [-0.4, -0.2) is 45.2 Å². The zero-order chi connectivity index (χ0) is 17.6. The van der Waals surface area contributed by atoms with Crippen molar-refractivity contribution in [2.24, 2.45) is 5.41 Å². The van der Waals surface area contributed by atoms with Crippen LogP contribution in [-0.2, 0) is 9.59 Å². The standard InChI is InChI=1S/C19H36O4.Mg.2H/c1-3-5-7-8-9-10-11-12-13-14-16-19(17(20)21,18(22)23)15-6-4-2;;;/h3-16H2,1-2H3,(H,20,21)(H,22,23);;;. The Kier molecular flexibility index (Phi) is 17.5. The van der Waals surface area contributed by atoms with Crippen molar-refractivity contribution < 1.29 is 19.8 Å². The molecule has 0 unspecified atom stereocenters. The van der Waals surface area contributed by atoms with Gasteiger partial charge in [0.15, 0.2) is 5.41 Å². The maximum atomic E-state index is 11.5. The van der Waals surface area contributed by atoms with E-state index in [4.69, 9.17) is 0 Å². The smallest absolute Gasteiger partial charge is 0.321 e. The molecule has 0 amide bonds. The van der Waals surface area contributed by atoms with Gasteiger partial charge in [0, 0.05) is 0 Å². The second kappa shape index (κ2) is 16.2. The van der Waals surface area contributed by atoms with Crippen LogP contribution in [0.2, 0.25) is 0 Å². The molecule has 0 radical (unpaired) electrons. The molecule has 0 aromatic rings. The predicted octanol–water partition coefficient (Wildman–Crippen LogP) is 4.73. The summed E-state index contributed by atoms with van der Waals surface area (Å²) in [6.07, 6.45) is 13.6. The first-order valence-electron chi connectivity index (χ1n) is 9.48. The van der Waals surface area contributed by atoms with Gasteiger partial charge in [0.05, 0.1) is 0 Å². The molecule has 0 rings (SSSR count). The molecule has 0 aliphatic rings. The van der Waals surface area contributed by atoms with E-state index in [1.54, 1.807) is 0 Å². The number of hydrogen-bond acceptors (Lipinski definition) is 2. The summed E-state index contributed by atoms with van der Waals surface area (Å²) in [7, 11) is 0. The van der Waals surface area contributed by atoms with Gasteiger partial charge in [-0.3, -0.25) is 9.59 Å². The first-order valence-corrected chi connectivity index (χ1v) is 9.48. The van der Waals surface area contributed by atoms with Crippen molar-refractivity contribution in [3.8, 4) is 0 Å². The Balaban J connectivity index is 0. The summed E-state index contributed by atoms with van der Waals surface area (Å²) < 4.78 is 0. The number of unbranched alkanes of at least 4 members (excludes halogenated alkanes) is 10. The first-order chi connectivity index (χ1) is 11.0. The lowest BCUT2D eigenvalue weighted by Crippen LogP contribution is -2.39. The highest BCUT2D eigenvalue weighted by atomic mass is 24.3. The van der Waals surface area contributed by atoms with E-state index in [1.807, 2.05) is 6.92 Å². The van der Waals surface area contributed by atoms with Crippen LogP contribution in [0.4, 0.5) is 0 Å². The number of rotatable bonds is 16. The Bertz CT molecular complexity index is 317. The van der Waals surface area contributed by atoms with E-state index < -0.39 is 17.4 Å². The van der Waals surface area contributed by atoms with Crippen molar-refractivity contribution in [2.75, 3.05) is 0 Å². The van der Waals surface area contributed by atoms with Gasteiger partial charge in [-0.05, 0) is 12.8 Å². The Labute approximate surface area is 163 Å². The molecule has 24 heavy (non-hydrogen) atoms. The van der Waals surface area contributed by atoms with E-state index in [0.717, 1.165) is 19.3 Å². The molecular formula is C19H38MgO4. The van der Waals surface area contributed by atoms with Crippen molar-refractivity contribution >= 4 is 35.0 Å². The molecule has 2 N–H and O–H groups in total. The quantitative estimate of drug-likeness (QED) is 0.239. The van der Waals surface area contributed by atoms with E-state index in [1.165, 1.54) is 44.9 Å². The van der Waals surface area contributed by atoms with E-state index in [9.17, 15) is 19.8 Å². The van der Waals surface area contributed by atoms with Gasteiger partial charge in [0.25, 0.3) is 0 Å². The van der Waals surface area contributed by atoms with Gasteiger partial charge in [-0.25, -0.2) is 0 Å². The molecule has 0 aromatic heterocycles. The number of hydrogen-bond donors (Lipinski definition) is 2. The molecule has 0 fully saturated rings. The number of carboxylic acids is 2. The van der Waals surface area contributed by atoms with Gasteiger partial charge in [-0.1, -0.05) is 90.9 Å². The SMILES string of the molecule is CCCCCCCCCCCCC(CCCC)(C(=O)O)C(=O)O.[MgH2]. The molecule has 0 aliphatic heterocycles. The van der Waals surface area contributed by atoms with Crippen LogP contribution < -0.4 is 0 Å². The van der Waals surface area contributed by atoms with Crippen LogP contribution in [0.15, 0.2) is 0 Å². The van der Waals surface area contributed by atoms with Crippen molar-refractivity contribution in [3.05, 3.63) is 0 Å². The maximum absolute atomic E-state index is 11.5.